The van der Waals surface area contributed by atoms with Gasteiger partial charge in [0.15, 0.2) is 0 Å². The molecule has 0 aliphatic carbocycles. The Kier molecular flexibility index (Phi) is 5.51. The first-order valence-electron chi connectivity index (χ1n) is 4.41. The van der Waals surface area contributed by atoms with Gasteiger partial charge < -0.3 is 10.1 Å². The second-order valence-corrected chi connectivity index (χ2v) is 3.46. The average molecular weight is 159 g/mol. The molecule has 0 aromatic carbocycles. The molecule has 0 aliphatic heterocycles. The zero-order valence-electron chi connectivity index (χ0n) is 8.24. The molecular formula is C9H21NO. The van der Waals surface area contributed by atoms with E-state index in [1.54, 1.807) is 0 Å². The van der Waals surface area contributed by atoms with E-state index >= 15 is 0 Å². The van der Waals surface area contributed by atoms with E-state index in [2.05, 4.69) is 26.1 Å². The van der Waals surface area contributed by atoms with Crippen molar-refractivity contribution in [2.24, 2.45) is 0 Å². The van der Waals surface area contributed by atoms with Crippen molar-refractivity contribution in [3.8, 4) is 0 Å². The molecule has 0 aliphatic rings. The van der Waals surface area contributed by atoms with Crippen molar-refractivity contribution in [1.82, 2.24) is 5.32 Å². The highest BCUT2D eigenvalue weighted by Gasteiger charge is 2.16. The second-order valence-electron chi connectivity index (χ2n) is 3.46. The van der Waals surface area contributed by atoms with Gasteiger partial charge >= 0.3 is 0 Å². The van der Waals surface area contributed by atoms with Crippen molar-refractivity contribution in [2.45, 2.75) is 39.2 Å². The maximum absolute atomic E-state index is 5.64. The van der Waals surface area contributed by atoms with Gasteiger partial charge in [-0.25, -0.2) is 0 Å². The van der Waals surface area contributed by atoms with Gasteiger partial charge in [-0.05, 0) is 40.3 Å². The fourth-order valence-corrected chi connectivity index (χ4v) is 0.877. The zero-order chi connectivity index (χ0) is 8.74. The molecule has 0 aromatic rings. The highest BCUT2D eigenvalue weighted by atomic mass is 16.5. The molecule has 0 unspecified atom stereocenters. The Morgan fingerprint density at radius 2 is 2.00 bits per heavy atom. The van der Waals surface area contributed by atoms with Crippen molar-refractivity contribution in [2.75, 3.05) is 20.2 Å². The summed E-state index contributed by atoms with van der Waals surface area (Å²) in [6.07, 6.45) is 2.17. The SMILES string of the molecule is CCCOC(C)(C)CCNC. The summed E-state index contributed by atoms with van der Waals surface area (Å²) in [5.41, 5.74) is 0.0407. The quantitative estimate of drug-likeness (QED) is 0.638. The highest BCUT2D eigenvalue weighted by molar-refractivity contribution is 4.68. The molecule has 0 heterocycles. The molecule has 0 aromatic heterocycles. The van der Waals surface area contributed by atoms with E-state index in [4.69, 9.17) is 4.74 Å². The van der Waals surface area contributed by atoms with E-state index in [1.165, 1.54) is 0 Å². The summed E-state index contributed by atoms with van der Waals surface area (Å²) in [4.78, 5) is 0. The second kappa shape index (κ2) is 5.56. The first kappa shape index (κ1) is 10.9. The molecule has 0 radical (unpaired) electrons. The van der Waals surface area contributed by atoms with Crippen molar-refractivity contribution in [3.63, 3.8) is 0 Å². The van der Waals surface area contributed by atoms with Crippen LogP contribution in [0.25, 0.3) is 0 Å². The molecule has 0 fully saturated rings. The third-order valence-corrected chi connectivity index (χ3v) is 1.67. The first-order valence-corrected chi connectivity index (χ1v) is 4.41. The molecule has 0 rings (SSSR count). The van der Waals surface area contributed by atoms with E-state index in [1.807, 2.05) is 7.05 Å². The third-order valence-electron chi connectivity index (χ3n) is 1.67. The van der Waals surface area contributed by atoms with Gasteiger partial charge in [-0.2, -0.15) is 0 Å². The van der Waals surface area contributed by atoms with Crippen molar-refractivity contribution in [1.29, 1.82) is 0 Å². The number of nitrogens with one attached hydrogen (secondary N) is 1. The Morgan fingerprint density at radius 3 is 2.45 bits per heavy atom. The maximum atomic E-state index is 5.64. The van der Waals surface area contributed by atoms with Gasteiger partial charge in [0.1, 0.15) is 0 Å². The topological polar surface area (TPSA) is 21.3 Å². The van der Waals surface area contributed by atoms with Gasteiger partial charge in [-0.3, -0.25) is 0 Å². The molecule has 0 spiro atoms. The van der Waals surface area contributed by atoms with Gasteiger partial charge in [0, 0.05) is 6.61 Å². The lowest BCUT2D eigenvalue weighted by molar-refractivity contribution is -0.0222. The molecule has 68 valence electrons. The lowest BCUT2D eigenvalue weighted by Crippen LogP contribution is -2.29. The van der Waals surface area contributed by atoms with E-state index in [0.29, 0.717) is 0 Å². The summed E-state index contributed by atoms with van der Waals surface area (Å²) in [5, 5.41) is 3.12. The van der Waals surface area contributed by atoms with Crippen LogP contribution >= 0.6 is 0 Å². The van der Waals surface area contributed by atoms with Crippen LogP contribution < -0.4 is 5.32 Å². The number of hydrogen-bond donors (Lipinski definition) is 1. The average Bonchev–Trinajstić information content (AvgIpc) is 1.97. The number of ether oxygens (including phenoxy) is 1. The summed E-state index contributed by atoms with van der Waals surface area (Å²) in [7, 11) is 1.97. The summed E-state index contributed by atoms with van der Waals surface area (Å²) >= 11 is 0. The Hall–Kier alpha value is -0.0800. The lowest BCUT2D eigenvalue weighted by Gasteiger charge is -2.24. The van der Waals surface area contributed by atoms with E-state index in [0.717, 1.165) is 26.0 Å². The molecule has 0 saturated heterocycles. The fraction of sp³-hybridized carbons (Fsp3) is 1.00. The number of hydrogen-bond acceptors (Lipinski definition) is 2. The molecule has 1 N–H and O–H groups in total. The van der Waals surface area contributed by atoms with Crippen LogP contribution in [-0.2, 0) is 4.74 Å². The van der Waals surface area contributed by atoms with Gasteiger partial charge in [-0.1, -0.05) is 6.92 Å². The minimum absolute atomic E-state index is 0.0407. The molecule has 0 bridgehead atoms. The predicted octanol–water partition coefficient (Wildman–Crippen LogP) is 1.80. The molecule has 0 saturated carbocycles. The maximum Gasteiger partial charge on any atom is 0.0638 e. The van der Waals surface area contributed by atoms with Crippen LogP contribution in [0.4, 0.5) is 0 Å². The van der Waals surface area contributed by atoms with Crippen LogP contribution in [0.5, 0.6) is 0 Å². The van der Waals surface area contributed by atoms with Crippen LogP contribution in [-0.4, -0.2) is 25.8 Å². The van der Waals surface area contributed by atoms with Crippen LogP contribution in [0.3, 0.4) is 0 Å². The summed E-state index contributed by atoms with van der Waals surface area (Å²) in [6, 6.07) is 0. The van der Waals surface area contributed by atoms with E-state index in [-0.39, 0.29) is 5.60 Å². The Bertz CT molecular complexity index is 81.6. The molecular weight excluding hydrogens is 138 g/mol. The lowest BCUT2D eigenvalue weighted by atomic mass is 10.1. The van der Waals surface area contributed by atoms with Crippen LogP contribution in [0.2, 0.25) is 0 Å². The molecule has 2 heteroatoms. The monoisotopic (exact) mass is 159 g/mol. The molecule has 0 amide bonds. The predicted molar refractivity (Wildman–Crippen MR) is 48.9 cm³/mol. The van der Waals surface area contributed by atoms with Crippen LogP contribution in [0.1, 0.15) is 33.6 Å². The van der Waals surface area contributed by atoms with E-state index < -0.39 is 0 Å². The van der Waals surface area contributed by atoms with Crippen LogP contribution in [0, 0.1) is 0 Å². The van der Waals surface area contributed by atoms with Gasteiger partial charge in [0.05, 0.1) is 5.60 Å². The highest BCUT2D eigenvalue weighted by Crippen LogP contribution is 2.13. The first-order chi connectivity index (χ1) is 5.12. The minimum atomic E-state index is 0.0407. The van der Waals surface area contributed by atoms with Gasteiger partial charge in [-0.15, -0.1) is 0 Å². The third kappa shape index (κ3) is 6.32. The van der Waals surface area contributed by atoms with Crippen molar-refractivity contribution in [3.05, 3.63) is 0 Å². The number of rotatable bonds is 6. The normalized spacial score (nSPS) is 12.0. The summed E-state index contributed by atoms with van der Waals surface area (Å²) in [6.45, 7) is 8.31. The smallest absolute Gasteiger partial charge is 0.0638 e. The largest absolute Gasteiger partial charge is 0.376 e. The van der Waals surface area contributed by atoms with Gasteiger partial charge in [0.25, 0.3) is 0 Å². The Labute approximate surface area is 70.3 Å². The van der Waals surface area contributed by atoms with Crippen molar-refractivity contribution < 1.29 is 4.74 Å². The standard InChI is InChI=1S/C9H21NO/c1-5-8-11-9(2,3)6-7-10-4/h10H,5-8H2,1-4H3. The minimum Gasteiger partial charge on any atom is -0.376 e. The zero-order valence-corrected chi connectivity index (χ0v) is 8.24. The van der Waals surface area contributed by atoms with Crippen LogP contribution in [0.15, 0.2) is 0 Å². The summed E-state index contributed by atoms with van der Waals surface area (Å²) in [5.74, 6) is 0. The molecule has 0 atom stereocenters. The van der Waals surface area contributed by atoms with Crippen molar-refractivity contribution >= 4 is 0 Å². The molecule has 2 nitrogen and oxygen atoms in total. The van der Waals surface area contributed by atoms with E-state index in [9.17, 15) is 0 Å². The molecule has 11 heavy (non-hydrogen) atoms. The van der Waals surface area contributed by atoms with Gasteiger partial charge in [0.2, 0.25) is 0 Å². The summed E-state index contributed by atoms with van der Waals surface area (Å²) < 4.78 is 5.64. The Morgan fingerprint density at radius 1 is 1.36 bits per heavy atom. The Balaban J connectivity index is 3.43. The fourth-order valence-electron chi connectivity index (χ4n) is 0.877.